The Hall–Kier alpha value is -2.42. The van der Waals surface area contributed by atoms with E-state index in [1.165, 1.54) is 5.56 Å². The number of nitrogens with zero attached hydrogens (tertiary/aromatic N) is 3. The number of nitrogens with one attached hydrogen (secondary N) is 2. The van der Waals surface area contributed by atoms with Crippen molar-refractivity contribution in [3.8, 4) is 11.5 Å². The fourth-order valence-corrected chi connectivity index (χ4v) is 2.64. The van der Waals surface area contributed by atoms with E-state index in [1.54, 1.807) is 13.3 Å². The molecule has 2 N–H and O–H groups in total. The Bertz CT molecular complexity index is 862. The number of aliphatic imine (C=N–C) groups is 1. The van der Waals surface area contributed by atoms with E-state index in [-0.39, 0.29) is 24.0 Å². The summed E-state index contributed by atoms with van der Waals surface area (Å²) in [5.74, 6) is 1.43. The second-order valence-corrected chi connectivity index (χ2v) is 6.26. The lowest BCUT2D eigenvalue weighted by Gasteiger charge is -2.11. The first kappa shape index (κ1) is 21.9. The molecule has 28 heavy (non-hydrogen) atoms. The third kappa shape index (κ3) is 6.63. The molecule has 3 aromatic rings. The van der Waals surface area contributed by atoms with E-state index in [9.17, 15) is 0 Å². The van der Waals surface area contributed by atoms with Crippen molar-refractivity contribution < 1.29 is 4.42 Å². The maximum Gasteiger partial charge on any atom is 0.226 e. The average Bonchev–Trinajstić information content (AvgIpc) is 3.17. The summed E-state index contributed by atoms with van der Waals surface area (Å²) >= 11 is 0. The fraction of sp³-hybridized carbons (Fsp3) is 0.286. The van der Waals surface area contributed by atoms with E-state index in [2.05, 4.69) is 44.7 Å². The summed E-state index contributed by atoms with van der Waals surface area (Å²) in [6.45, 7) is 3.56. The van der Waals surface area contributed by atoms with E-state index in [1.807, 2.05) is 36.5 Å². The minimum absolute atomic E-state index is 0. The summed E-state index contributed by atoms with van der Waals surface area (Å²) in [7, 11) is 1.77. The predicted molar refractivity (Wildman–Crippen MR) is 123 cm³/mol. The van der Waals surface area contributed by atoms with Crippen LogP contribution in [0, 0.1) is 6.92 Å². The van der Waals surface area contributed by atoms with Gasteiger partial charge in [-0.3, -0.25) is 9.98 Å². The zero-order valence-corrected chi connectivity index (χ0v) is 18.5. The SMILES string of the molecule is CN=C(NCCc1ccccn1)NCCc1coc(-c2ccc(C)cc2)n1.I. The van der Waals surface area contributed by atoms with E-state index >= 15 is 0 Å². The number of oxazole rings is 1. The highest BCUT2D eigenvalue weighted by Gasteiger charge is 2.07. The highest BCUT2D eigenvalue weighted by molar-refractivity contribution is 14.0. The summed E-state index contributed by atoms with van der Waals surface area (Å²) < 4.78 is 5.60. The Balaban J connectivity index is 0.00000280. The summed E-state index contributed by atoms with van der Waals surface area (Å²) in [4.78, 5) is 13.1. The monoisotopic (exact) mass is 491 g/mol. The van der Waals surface area contributed by atoms with Crippen LogP contribution in [-0.4, -0.2) is 36.1 Å². The van der Waals surface area contributed by atoms with Gasteiger partial charge in [-0.2, -0.15) is 0 Å². The standard InChI is InChI=1S/C21H25N5O.HI/c1-16-6-8-17(9-7-16)20-26-19(15-27-20)11-14-25-21(22-2)24-13-10-18-5-3-4-12-23-18;/h3-9,12,15H,10-11,13-14H2,1-2H3,(H2,22,24,25);1H. The van der Waals surface area contributed by atoms with Crippen molar-refractivity contribution in [2.24, 2.45) is 4.99 Å². The normalized spacial score (nSPS) is 11.0. The van der Waals surface area contributed by atoms with Crippen LogP contribution >= 0.6 is 24.0 Å². The lowest BCUT2D eigenvalue weighted by atomic mass is 10.1. The highest BCUT2D eigenvalue weighted by atomic mass is 127. The molecular formula is C21H26IN5O. The van der Waals surface area contributed by atoms with Crippen LogP contribution in [-0.2, 0) is 12.8 Å². The molecule has 0 unspecified atom stereocenters. The van der Waals surface area contributed by atoms with E-state index in [0.717, 1.165) is 48.8 Å². The molecule has 0 amide bonds. The van der Waals surface area contributed by atoms with Crippen LogP contribution in [0.2, 0.25) is 0 Å². The first-order chi connectivity index (χ1) is 13.2. The molecular weight excluding hydrogens is 465 g/mol. The highest BCUT2D eigenvalue weighted by Crippen LogP contribution is 2.19. The summed E-state index contributed by atoms with van der Waals surface area (Å²) in [6.07, 6.45) is 5.14. The fourth-order valence-electron chi connectivity index (χ4n) is 2.64. The van der Waals surface area contributed by atoms with Crippen molar-refractivity contribution in [2.45, 2.75) is 19.8 Å². The second kappa shape index (κ2) is 11.4. The van der Waals surface area contributed by atoms with Gasteiger partial charge in [0, 0.05) is 50.4 Å². The number of rotatable bonds is 7. The van der Waals surface area contributed by atoms with Crippen LogP contribution in [0.5, 0.6) is 0 Å². The molecule has 0 saturated heterocycles. The van der Waals surface area contributed by atoms with Gasteiger partial charge in [-0.25, -0.2) is 4.98 Å². The molecule has 6 nitrogen and oxygen atoms in total. The molecule has 0 aliphatic carbocycles. The largest absolute Gasteiger partial charge is 0.444 e. The Morgan fingerprint density at radius 1 is 1.00 bits per heavy atom. The second-order valence-electron chi connectivity index (χ2n) is 6.26. The van der Waals surface area contributed by atoms with Crippen molar-refractivity contribution in [3.63, 3.8) is 0 Å². The number of aromatic nitrogens is 2. The van der Waals surface area contributed by atoms with Gasteiger partial charge in [0.1, 0.15) is 6.26 Å². The average molecular weight is 491 g/mol. The molecule has 0 saturated carbocycles. The van der Waals surface area contributed by atoms with Gasteiger partial charge in [-0.15, -0.1) is 24.0 Å². The molecule has 0 atom stereocenters. The molecule has 0 aliphatic heterocycles. The van der Waals surface area contributed by atoms with Crippen molar-refractivity contribution in [3.05, 3.63) is 71.9 Å². The van der Waals surface area contributed by atoms with Crippen LogP contribution in [0.15, 0.2) is 64.3 Å². The van der Waals surface area contributed by atoms with Gasteiger partial charge in [-0.1, -0.05) is 23.8 Å². The van der Waals surface area contributed by atoms with Crippen LogP contribution in [0.1, 0.15) is 17.0 Å². The number of guanidine groups is 1. The zero-order chi connectivity index (χ0) is 18.9. The molecule has 2 heterocycles. The smallest absolute Gasteiger partial charge is 0.226 e. The minimum Gasteiger partial charge on any atom is -0.444 e. The first-order valence-corrected chi connectivity index (χ1v) is 9.10. The number of halogens is 1. The van der Waals surface area contributed by atoms with Gasteiger partial charge in [0.05, 0.1) is 5.69 Å². The lowest BCUT2D eigenvalue weighted by Crippen LogP contribution is -2.39. The van der Waals surface area contributed by atoms with E-state index in [4.69, 9.17) is 4.42 Å². The van der Waals surface area contributed by atoms with Crippen molar-refractivity contribution in [1.29, 1.82) is 0 Å². The molecule has 0 fully saturated rings. The van der Waals surface area contributed by atoms with Crippen molar-refractivity contribution in [1.82, 2.24) is 20.6 Å². The lowest BCUT2D eigenvalue weighted by molar-refractivity contribution is 0.572. The molecule has 3 rings (SSSR count). The first-order valence-electron chi connectivity index (χ1n) is 9.10. The molecule has 2 aromatic heterocycles. The van der Waals surface area contributed by atoms with Gasteiger partial charge in [0.15, 0.2) is 5.96 Å². The Morgan fingerprint density at radius 2 is 1.71 bits per heavy atom. The Morgan fingerprint density at radius 3 is 2.36 bits per heavy atom. The Labute approximate surface area is 182 Å². The van der Waals surface area contributed by atoms with Gasteiger partial charge in [0.25, 0.3) is 0 Å². The van der Waals surface area contributed by atoms with Crippen molar-refractivity contribution >= 4 is 29.9 Å². The van der Waals surface area contributed by atoms with E-state index < -0.39 is 0 Å². The molecule has 0 spiro atoms. The van der Waals surface area contributed by atoms with Crippen LogP contribution in [0.4, 0.5) is 0 Å². The molecule has 0 aliphatic rings. The molecule has 0 radical (unpaired) electrons. The third-order valence-electron chi connectivity index (χ3n) is 4.15. The Kier molecular flexibility index (Phi) is 8.93. The number of hydrogen-bond donors (Lipinski definition) is 2. The van der Waals surface area contributed by atoms with Gasteiger partial charge in [0.2, 0.25) is 5.89 Å². The topological polar surface area (TPSA) is 75.3 Å². The van der Waals surface area contributed by atoms with Gasteiger partial charge in [-0.05, 0) is 31.2 Å². The molecule has 0 bridgehead atoms. The van der Waals surface area contributed by atoms with E-state index in [0.29, 0.717) is 5.89 Å². The van der Waals surface area contributed by atoms with Gasteiger partial charge < -0.3 is 15.1 Å². The summed E-state index contributed by atoms with van der Waals surface area (Å²) in [6, 6.07) is 14.1. The molecule has 7 heteroatoms. The molecule has 148 valence electrons. The summed E-state index contributed by atoms with van der Waals surface area (Å²) in [5.41, 5.74) is 4.19. The van der Waals surface area contributed by atoms with Crippen LogP contribution in [0.25, 0.3) is 11.5 Å². The number of hydrogen-bond acceptors (Lipinski definition) is 4. The minimum atomic E-state index is 0. The van der Waals surface area contributed by atoms with Crippen LogP contribution < -0.4 is 10.6 Å². The maximum absolute atomic E-state index is 5.60. The predicted octanol–water partition coefficient (Wildman–Crippen LogP) is 3.61. The number of benzene rings is 1. The van der Waals surface area contributed by atoms with Crippen LogP contribution in [0.3, 0.4) is 0 Å². The van der Waals surface area contributed by atoms with Crippen molar-refractivity contribution in [2.75, 3.05) is 20.1 Å². The third-order valence-corrected chi connectivity index (χ3v) is 4.15. The van der Waals surface area contributed by atoms with Gasteiger partial charge >= 0.3 is 0 Å². The summed E-state index contributed by atoms with van der Waals surface area (Å²) in [5, 5.41) is 6.59. The number of pyridine rings is 1. The number of aryl methyl sites for hydroxylation is 1. The molecule has 1 aromatic carbocycles. The quantitative estimate of drug-likeness (QED) is 0.300. The zero-order valence-electron chi connectivity index (χ0n) is 16.2. The maximum atomic E-state index is 5.60.